The summed E-state index contributed by atoms with van der Waals surface area (Å²) in [7, 11) is 0. The van der Waals surface area contributed by atoms with Crippen molar-refractivity contribution in [2.75, 3.05) is 6.54 Å². The van der Waals surface area contributed by atoms with Crippen LogP contribution < -0.4 is 0 Å². The van der Waals surface area contributed by atoms with Gasteiger partial charge in [0.1, 0.15) is 10.6 Å². The molecule has 0 spiro atoms. The molecule has 104 valence electrons. The molecule has 0 unspecified atom stereocenters. The first-order valence-corrected chi connectivity index (χ1v) is 7.16. The predicted octanol–water partition coefficient (Wildman–Crippen LogP) is 3.02. The highest BCUT2D eigenvalue weighted by Crippen LogP contribution is 2.34. The Hall–Kier alpha value is -2.08. The summed E-state index contributed by atoms with van der Waals surface area (Å²) >= 11 is 1.01. The van der Waals surface area contributed by atoms with Gasteiger partial charge in [0.15, 0.2) is 0 Å². The average molecular weight is 291 g/mol. The van der Waals surface area contributed by atoms with Gasteiger partial charge in [0.05, 0.1) is 17.2 Å². The highest BCUT2D eigenvalue weighted by Gasteiger charge is 2.33. The number of hydrogen-bond acceptors (Lipinski definition) is 4. The summed E-state index contributed by atoms with van der Waals surface area (Å²) in [5.74, 6) is -0.342. The maximum atomic E-state index is 12.5. The van der Waals surface area contributed by atoms with Crippen LogP contribution in [0, 0.1) is 0 Å². The van der Waals surface area contributed by atoms with Gasteiger partial charge in [-0.3, -0.25) is 4.79 Å². The Bertz CT molecular complexity index is 631. The highest BCUT2D eigenvalue weighted by molar-refractivity contribution is 7.15. The molecular weight excluding hydrogens is 278 g/mol. The molecule has 1 fully saturated rings. The lowest BCUT2D eigenvalue weighted by molar-refractivity contribution is 0.0700. The van der Waals surface area contributed by atoms with E-state index in [2.05, 4.69) is 0 Å². The molecule has 6 heteroatoms. The van der Waals surface area contributed by atoms with Crippen molar-refractivity contribution in [3.63, 3.8) is 0 Å². The molecule has 2 aromatic rings. The molecule has 0 radical (unpaired) electrons. The molecule has 1 atom stereocenters. The van der Waals surface area contributed by atoms with Crippen LogP contribution in [-0.4, -0.2) is 28.4 Å². The van der Waals surface area contributed by atoms with Crippen LogP contribution in [0.2, 0.25) is 0 Å². The number of carboxylic acid groups (broad SMARTS) is 1. The van der Waals surface area contributed by atoms with Gasteiger partial charge in [0.25, 0.3) is 5.91 Å². The quantitative estimate of drug-likeness (QED) is 0.943. The van der Waals surface area contributed by atoms with Crippen molar-refractivity contribution in [1.82, 2.24) is 4.90 Å². The minimum absolute atomic E-state index is 0.0483. The molecule has 0 aromatic carbocycles. The fraction of sp³-hybridized carbons (Fsp3) is 0.286. The topological polar surface area (TPSA) is 70.8 Å². The van der Waals surface area contributed by atoms with Crippen LogP contribution in [0.25, 0.3) is 0 Å². The summed E-state index contributed by atoms with van der Waals surface area (Å²) < 4.78 is 5.39. The van der Waals surface area contributed by atoms with E-state index >= 15 is 0 Å². The van der Waals surface area contributed by atoms with Gasteiger partial charge < -0.3 is 14.4 Å². The Morgan fingerprint density at radius 2 is 2.10 bits per heavy atom. The van der Waals surface area contributed by atoms with E-state index in [1.807, 2.05) is 12.1 Å². The molecule has 3 heterocycles. The zero-order chi connectivity index (χ0) is 14.1. The van der Waals surface area contributed by atoms with E-state index in [1.54, 1.807) is 17.2 Å². The molecule has 2 aromatic heterocycles. The molecule has 5 nitrogen and oxygen atoms in total. The van der Waals surface area contributed by atoms with Crippen LogP contribution in [0.5, 0.6) is 0 Å². The van der Waals surface area contributed by atoms with Gasteiger partial charge in [-0.2, -0.15) is 0 Å². The molecule has 1 aliphatic heterocycles. The molecule has 1 aliphatic rings. The van der Waals surface area contributed by atoms with Crippen molar-refractivity contribution < 1.29 is 19.1 Å². The minimum Gasteiger partial charge on any atom is -0.477 e. The van der Waals surface area contributed by atoms with Crippen molar-refractivity contribution in [3.05, 3.63) is 46.0 Å². The summed E-state index contributed by atoms with van der Waals surface area (Å²) in [6, 6.07) is 6.68. The van der Waals surface area contributed by atoms with Gasteiger partial charge in [-0.05, 0) is 37.1 Å². The predicted molar refractivity (Wildman–Crippen MR) is 73.0 cm³/mol. The summed E-state index contributed by atoms with van der Waals surface area (Å²) in [5.41, 5.74) is 0. The molecule has 1 amide bonds. The fourth-order valence-electron chi connectivity index (χ4n) is 2.50. The molecule has 0 bridgehead atoms. The Balaban J connectivity index is 1.83. The third-order valence-electron chi connectivity index (χ3n) is 3.41. The number of hydrogen-bond donors (Lipinski definition) is 1. The van der Waals surface area contributed by atoms with E-state index in [0.29, 0.717) is 11.4 Å². The van der Waals surface area contributed by atoms with Crippen molar-refractivity contribution in [3.8, 4) is 0 Å². The van der Waals surface area contributed by atoms with Crippen LogP contribution in [0.3, 0.4) is 0 Å². The zero-order valence-corrected chi connectivity index (χ0v) is 11.4. The van der Waals surface area contributed by atoms with E-state index in [4.69, 9.17) is 9.52 Å². The van der Waals surface area contributed by atoms with Gasteiger partial charge in [0.2, 0.25) is 0 Å². The molecule has 1 N–H and O–H groups in total. The number of carboxylic acids is 1. The lowest BCUT2D eigenvalue weighted by Crippen LogP contribution is -2.29. The number of furan rings is 1. The average Bonchev–Trinajstić information content (AvgIpc) is 3.17. The minimum atomic E-state index is -1.00. The molecule has 0 aliphatic carbocycles. The number of carbonyl (C=O) groups is 2. The second-order valence-corrected chi connectivity index (χ2v) is 5.72. The number of likely N-dealkylation sites (tertiary alicyclic amines) is 1. The van der Waals surface area contributed by atoms with Gasteiger partial charge in [-0.1, -0.05) is 0 Å². The third-order valence-corrected chi connectivity index (χ3v) is 4.47. The Labute approximate surface area is 119 Å². The Kier molecular flexibility index (Phi) is 3.31. The maximum Gasteiger partial charge on any atom is 0.345 e. The van der Waals surface area contributed by atoms with Crippen LogP contribution in [0.4, 0.5) is 0 Å². The number of aromatic carboxylic acids is 1. The molecular formula is C14H13NO4S. The summed E-state index contributed by atoms with van der Waals surface area (Å²) in [6.07, 6.45) is 3.40. The first kappa shape index (κ1) is 12.9. The van der Waals surface area contributed by atoms with Crippen molar-refractivity contribution in [1.29, 1.82) is 0 Å². The molecule has 3 rings (SSSR count). The van der Waals surface area contributed by atoms with Crippen molar-refractivity contribution >= 4 is 23.2 Å². The molecule has 0 saturated carbocycles. The monoisotopic (exact) mass is 291 g/mol. The second kappa shape index (κ2) is 5.13. The van der Waals surface area contributed by atoms with Gasteiger partial charge in [0, 0.05) is 6.54 Å². The number of thiophene rings is 1. The van der Waals surface area contributed by atoms with Crippen LogP contribution in [-0.2, 0) is 0 Å². The number of rotatable bonds is 3. The Morgan fingerprint density at radius 1 is 1.30 bits per heavy atom. The number of nitrogens with zero attached hydrogens (tertiary/aromatic N) is 1. The Morgan fingerprint density at radius 3 is 2.75 bits per heavy atom. The van der Waals surface area contributed by atoms with E-state index in [-0.39, 0.29) is 16.8 Å². The summed E-state index contributed by atoms with van der Waals surface area (Å²) in [5, 5.41) is 8.92. The normalized spacial score (nSPS) is 18.4. The third kappa shape index (κ3) is 2.22. The van der Waals surface area contributed by atoms with Gasteiger partial charge in [-0.25, -0.2) is 4.79 Å². The summed E-state index contributed by atoms with van der Waals surface area (Å²) in [4.78, 5) is 25.8. The smallest absolute Gasteiger partial charge is 0.345 e. The van der Waals surface area contributed by atoms with Gasteiger partial charge >= 0.3 is 5.97 Å². The van der Waals surface area contributed by atoms with E-state index < -0.39 is 5.97 Å². The first-order chi connectivity index (χ1) is 9.66. The number of carbonyl (C=O) groups excluding carboxylic acids is 1. The molecule has 1 saturated heterocycles. The van der Waals surface area contributed by atoms with E-state index in [9.17, 15) is 9.59 Å². The standard InChI is InChI=1S/C14H13NO4S/c16-13(11-5-6-12(20-11)14(17)18)15-7-1-3-9(15)10-4-2-8-19-10/h2,4-6,8-9H,1,3,7H2,(H,17,18)/t9-/m1/s1. The maximum absolute atomic E-state index is 12.5. The first-order valence-electron chi connectivity index (χ1n) is 6.34. The summed E-state index contributed by atoms with van der Waals surface area (Å²) in [6.45, 7) is 0.671. The van der Waals surface area contributed by atoms with E-state index in [1.165, 1.54) is 6.07 Å². The fourth-order valence-corrected chi connectivity index (χ4v) is 3.30. The van der Waals surface area contributed by atoms with Crippen LogP contribution >= 0.6 is 11.3 Å². The van der Waals surface area contributed by atoms with Crippen LogP contribution in [0.15, 0.2) is 34.9 Å². The van der Waals surface area contributed by atoms with E-state index in [0.717, 1.165) is 29.9 Å². The highest BCUT2D eigenvalue weighted by atomic mass is 32.1. The van der Waals surface area contributed by atoms with Gasteiger partial charge in [-0.15, -0.1) is 11.3 Å². The molecule has 20 heavy (non-hydrogen) atoms. The van der Waals surface area contributed by atoms with Crippen molar-refractivity contribution in [2.24, 2.45) is 0 Å². The largest absolute Gasteiger partial charge is 0.477 e. The van der Waals surface area contributed by atoms with Crippen LogP contribution in [0.1, 0.15) is 44.0 Å². The number of amides is 1. The lowest BCUT2D eigenvalue weighted by Gasteiger charge is -2.22. The second-order valence-electron chi connectivity index (χ2n) is 4.64. The lowest BCUT2D eigenvalue weighted by atomic mass is 10.1. The van der Waals surface area contributed by atoms with Crippen molar-refractivity contribution in [2.45, 2.75) is 18.9 Å². The SMILES string of the molecule is O=C(O)c1ccc(C(=O)N2CCC[C@@H]2c2ccco2)s1. The zero-order valence-electron chi connectivity index (χ0n) is 10.6.